The summed E-state index contributed by atoms with van der Waals surface area (Å²) in [4.78, 5) is 50.4. The molecule has 192 valence electrons. The number of urea groups is 1. The van der Waals surface area contributed by atoms with Gasteiger partial charge in [-0.05, 0) is 90.6 Å². The van der Waals surface area contributed by atoms with Crippen molar-refractivity contribution in [3.05, 3.63) is 112 Å². The number of benzene rings is 3. The summed E-state index contributed by atoms with van der Waals surface area (Å²) in [5, 5.41) is 11.3. The molecule has 1 heterocycles. The van der Waals surface area contributed by atoms with Crippen molar-refractivity contribution in [1.82, 2.24) is 5.32 Å². The van der Waals surface area contributed by atoms with Crippen LogP contribution in [0.15, 0.2) is 78.9 Å². The Bertz CT molecular complexity index is 1470. The highest BCUT2D eigenvalue weighted by atomic mass is 16.5. The normalized spacial score (nSPS) is 14.4. The van der Waals surface area contributed by atoms with Crippen molar-refractivity contribution in [3.63, 3.8) is 0 Å². The molecule has 0 aromatic heterocycles. The van der Waals surface area contributed by atoms with E-state index in [0.29, 0.717) is 23.4 Å². The van der Waals surface area contributed by atoms with E-state index >= 15 is 0 Å². The molecule has 2 N–H and O–H groups in total. The van der Waals surface area contributed by atoms with Gasteiger partial charge in [0, 0.05) is 0 Å². The van der Waals surface area contributed by atoms with Gasteiger partial charge >= 0.3 is 12.0 Å². The van der Waals surface area contributed by atoms with Gasteiger partial charge in [-0.1, -0.05) is 30.3 Å². The van der Waals surface area contributed by atoms with Crippen LogP contribution in [0.1, 0.15) is 38.2 Å². The second-order valence-corrected chi connectivity index (χ2v) is 8.95. The number of nitrogens with one attached hydrogen (secondary N) is 1. The Morgan fingerprint density at radius 3 is 2.32 bits per heavy atom. The van der Waals surface area contributed by atoms with E-state index in [1.165, 1.54) is 18.2 Å². The van der Waals surface area contributed by atoms with E-state index in [4.69, 9.17) is 9.84 Å². The Labute approximate surface area is 219 Å². The highest BCUT2D eigenvalue weighted by Crippen LogP contribution is 2.27. The molecule has 3 aromatic rings. The Kier molecular flexibility index (Phi) is 7.53. The first-order valence-corrected chi connectivity index (χ1v) is 11.8. The molecule has 0 saturated carbocycles. The smallest absolute Gasteiger partial charge is 0.335 e. The van der Waals surface area contributed by atoms with Crippen molar-refractivity contribution in [1.29, 1.82) is 0 Å². The van der Waals surface area contributed by atoms with Crippen LogP contribution in [-0.2, 0) is 22.6 Å². The fourth-order valence-electron chi connectivity index (χ4n) is 4.19. The maximum Gasteiger partial charge on any atom is 0.335 e. The lowest BCUT2D eigenvalue weighted by Crippen LogP contribution is -2.54. The van der Waals surface area contributed by atoms with E-state index in [2.05, 4.69) is 11.9 Å². The largest absolute Gasteiger partial charge is 0.489 e. The van der Waals surface area contributed by atoms with Crippen molar-refractivity contribution in [2.45, 2.75) is 26.9 Å². The number of barbiturate groups is 1. The summed E-state index contributed by atoms with van der Waals surface area (Å²) in [6.07, 6.45) is 3.62. The number of carboxylic acid groups (broad SMARTS) is 1. The summed E-state index contributed by atoms with van der Waals surface area (Å²) in [7, 11) is 0. The predicted molar refractivity (Wildman–Crippen MR) is 143 cm³/mol. The third-order valence-corrected chi connectivity index (χ3v) is 5.92. The number of hydrogen-bond acceptors (Lipinski definition) is 5. The monoisotopic (exact) mass is 510 g/mol. The third kappa shape index (κ3) is 5.70. The second-order valence-electron chi connectivity index (χ2n) is 8.95. The highest BCUT2D eigenvalue weighted by molar-refractivity contribution is 6.39. The molecule has 0 atom stereocenters. The quantitative estimate of drug-likeness (QED) is 0.251. The van der Waals surface area contributed by atoms with Crippen molar-refractivity contribution < 1.29 is 29.0 Å². The molecule has 0 spiro atoms. The van der Waals surface area contributed by atoms with Crippen LogP contribution in [0.3, 0.4) is 0 Å². The average Bonchev–Trinajstić information content (AvgIpc) is 2.86. The van der Waals surface area contributed by atoms with Crippen LogP contribution in [0.5, 0.6) is 5.75 Å². The number of carboxylic acids is 1. The summed E-state index contributed by atoms with van der Waals surface area (Å²) in [6, 6.07) is 16.2. The summed E-state index contributed by atoms with van der Waals surface area (Å²) < 4.78 is 5.96. The number of nitrogens with zero attached hydrogens (tertiary/aromatic N) is 1. The zero-order chi connectivity index (χ0) is 27.4. The van der Waals surface area contributed by atoms with Gasteiger partial charge in [-0.25, -0.2) is 14.5 Å². The van der Waals surface area contributed by atoms with Crippen LogP contribution in [-0.4, -0.2) is 28.9 Å². The van der Waals surface area contributed by atoms with E-state index in [1.807, 2.05) is 19.9 Å². The molecular weight excluding hydrogens is 484 g/mol. The lowest BCUT2D eigenvalue weighted by molar-refractivity contribution is -0.122. The molecule has 3 aromatic carbocycles. The van der Waals surface area contributed by atoms with Gasteiger partial charge in [0.05, 0.1) is 11.3 Å². The van der Waals surface area contributed by atoms with E-state index in [-0.39, 0.29) is 17.7 Å². The van der Waals surface area contributed by atoms with Crippen LogP contribution in [0.25, 0.3) is 6.08 Å². The molecule has 0 aliphatic carbocycles. The standard InChI is InChI=1S/C30H26N2O6/c1-4-5-23-15-21(8-11-26(23)38-17-20-6-9-22(10-7-20)29(35)36)16-25-27(33)31-30(37)32(28(25)34)24-13-18(2)12-19(3)14-24/h4,6-16H,1,5,17H2,2-3H3,(H,35,36)(H,31,33,37)/b25-16+. The third-order valence-electron chi connectivity index (χ3n) is 5.92. The number of imide groups is 2. The van der Waals surface area contributed by atoms with E-state index in [9.17, 15) is 19.2 Å². The molecule has 0 unspecified atom stereocenters. The van der Waals surface area contributed by atoms with Gasteiger partial charge in [-0.15, -0.1) is 6.58 Å². The number of aryl methyl sites for hydroxylation is 2. The summed E-state index contributed by atoms with van der Waals surface area (Å²) in [6.45, 7) is 7.73. The fourth-order valence-corrected chi connectivity index (χ4v) is 4.19. The van der Waals surface area contributed by atoms with Crippen molar-refractivity contribution in [2.75, 3.05) is 4.90 Å². The topological polar surface area (TPSA) is 113 Å². The molecule has 1 saturated heterocycles. The minimum Gasteiger partial charge on any atom is -0.489 e. The average molecular weight is 511 g/mol. The second kappa shape index (κ2) is 11.0. The van der Waals surface area contributed by atoms with Crippen LogP contribution in [0, 0.1) is 13.8 Å². The molecule has 8 nitrogen and oxygen atoms in total. The van der Waals surface area contributed by atoms with Crippen LogP contribution in [0.2, 0.25) is 0 Å². The van der Waals surface area contributed by atoms with Crippen LogP contribution < -0.4 is 15.0 Å². The first-order valence-electron chi connectivity index (χ1n) is 11.8. The minimum absolute atomic E-state index is 0.166. The molecular formula is C30H26N2O6. The van der Waals surface area contributed by atoms with Gasteiger partial charge in [-0.3, -0.25) is 14.9 Å². The minimum atomic E-state index is -0.998. The Hall–Kier alpha value is -4.98. The summed E-state index contributed by atoms with van der Waals surface area (Å²) >= 11 is 0. The first-order chi connectivity index (χ1) is 18.2. The zero-order valence-corrected chi connectivity index (χ0v) is 21.0. The first kappa shape index (κ1) is 26.1. The number of amides is 4. The van der Waals surface area contributed by atoms with Crippen LogP contribution in [0.4, 0.5) is 10.5 Å². The van der Waals surface area contributed by atoms with Gasteiger partial charge in [-0.2, -0.15) is 0 Å². The number of carbonyl (C=O) groups is 4. The van der Waals surface area contributed by atoms with Crippen molar-refractivity contribution >= 4 is 35.6 Å². The molecule has 1 aliphatic rings. The number of ether oxygens (including phenoxy) is 1. The molecule has 4 rings (SSSR count). The lowest BCUT2D eigenvalue weighted by Gasteiger charge is -2.27. The predicted octanol–water partition coefficient (Wildman–Crippen LogP) is 4.98. The summed E-state index contributed by atoms with van der Waals surface area (Å²) in [5.74, 6) is -1.89. The van der Waals surface area contributed by atoms with Crippen molar-refractivity contribution in [2.24, 2.45) is 0 Å². The van der Waals surface area contributed by atoms with Gasteiger partial charge in [0.25, 0.3) is 11.8 Å². The number of carbonyl (C=O) groups excluding carboxylic acids is 3. The lowest BCUT2D eigenvalue weighted by atomic mass is 10.0. The molecule has 4 amide bonds. The number of hydrogen-bond donors (Lipinski definition) is 2. The van der Waals surface area contributed by atoms with Crippen molar-refractivity contribution in [3.8, 4) is 5.75 Å². The van der Waals surface area contributed by atoms with E-state index < -0.39 is 23.8 Å². The Balaban J connectivity index is 1.60. The zero-order valence-electron chi connectivity index (χ0n) is 21.0. The number of allylic oxidation sites excluding steroid dienone is 1. The fraction of sp³-hybridized carbons (Fsp3) is 0.133. The molecule has 8 heteroatoms. The SMILES string of the molecule is C=CCc1cc(/C=C2\C(=O)NC(=O)N(c3cc(C)cc(C)c3)C2=O)ccc1OCc1ccc(C(=O)O)cc1. The Morgan fingerprint density at radius 1 is 1.00 bits per heavy atom. The maximum atomic E-state index is 13.3. The molecule has 38 heavy (non-hydrogen) atoms. The Morgan fingerprint density at radius 2 is 1.68 bits per heavy atom. The molecule has 1 aliphatic heterocycles. The van der Waals surface area contributed by atoms with Gasteiger partial charge in [0.2, 0.25) is 0 Å². The van der Waals surface area contributed by atoms with E-state index in [0.717, 1.165) is 27.2 Å². The highest BCUT2D eigenvalue weighted by Gasteiger charge is 2.37. The van der Waals surface area contributed by atoms with Gasteiger partial charge in [0.15, 0.2) is 0 Å². The van der Waals surface area contributed by atoms with E-state index in [1.54, 1.807) is 48.5 Å². The van der Waals surface area contributed by atoms with Crippen LogP contribution >= 0.6 is 0 Å². The summed E-state index contributed by atoms with van der Waals surface area (Å²) in [5.41, 5.74) is 4.33. The van der Waals surface area contributed by atoms with Gasteiger partial charge < -0.3 is 9.84 Å². The molecule has 0 radical (unpaired) electrons. The number of rotatable bonds is 8. The number of aromatic carboxylic acids is 1. The molecule has 0 bridgehead atoms. The maximum absolute atomic E-state index is 13.3. The number of anilines is 1. The van der Waals surface area contributed by atoms with Gasteiger partial charge in [0.1, 0.15) is 17.9 Å². The molecule has 1 fully saturated rings.